The van der Waals surface area contributed by atoms with Gasteiger partial charge in [-0.05, 0) is 35.8 Å². The van der Waals surface area contributed by atoms with Gasteiger partial charge in [-0.3, -0.25) is 34.2 Å². The van der Waals surface area contributed by atoms with E-state index >= 15 is 0 Å². The summed E-state index contributed by atoms with van der Waals surface area (Å²) in [4.78, 5) is 67.5. The summed E-state index contributed by atoms with van der Waals surface area (Å²) < 4.78 is 5.53. The standard InChI is InChI=1S/C33H38N4O7/c1-19(2)16-25(31(40)36(3)26(29(34)38)17-20-10-6-5-7-11-20)35-24(33(42)43)14-15-37-30(39)23-18-21-12-8-9-13-22(21)28(44-4)27(23)32(37)41/h5-13,18-19,24-26,35H,14-17H2,1-4H3,(H2,34,38)(H,42,43)/t24-,25+,26+/m1/s1. The number of rotatable bonds is 14. The number of carboxylic acids is 1. The lowest BCUT2D eigenvalue weighted by Crippen LogP contribution is -2.56. The molecule has 0 radical (unpaired) electrons. The number of carbonyl (C=O) groups is 5. The summed E-state index contributed by atoms with van der Waals surface area (Å²) >= 11 is 0. The summed E-state index contributed by atoms with van der Waals surface area (Å²) in [7, 11) is 2.90. The normalized spacial score (nSPS) is 14.8. The summed E-state index contributed by atoms with van der Waals surface area (Å²) in [6.07, 6.45) is 0.325. The predicted octanol–water partition coefficient (Wildman–Crippen LogP) is 2.85. The zero-order chi connectivity index (χ0) is 32.1. The Morgan fingerprint density at radius 2 is 1.66 bits per heavy atom. The van der Waals surface area contributed by atoms with Crippen LogP contribution in [0.25, 0.3) is 10.8 Å². The second-order valence-electron chi connectivity index (χ2n) is 11.4. The molecule has 0 fully saturated rings. The van der Waals surface area contributed by atoms with Crippen molar-refractivity contribution in [3.05, 3.63) is 77.4 Å². The van der Waals surface area contributed by atoms with Crippen LogP contribution in [0, 0.1) is 5.92 Å². The Balaban J connectivity index is 1.52. The van der Waals surface area contributed by atoms with Crippen molar-refractivity contribution in [2.24, 2.45) is 11.7 Å². The Morgan fingerprint density at radius 3 is 2.27 bits per heavy atom. The first kappa shape index (κ1) is 32.2. The molecule has 0 unspecified atom stereocenters. The van der Waals surface area contributed by atoms with Crippen molar-refractivity contribution >= 4 is 40.4 Å². The van der Waals surface area contributed by atoms with Crippen molar-refractivity contribution in [2.45, 2.75) is 51.2 Å². The van der Waals surface area contributed by atoms with Gasteiger partial charge in [0.05, 0.1) is 24.3 Å². The van der Waals surface area contributed by atoms with Gasteiger partial charge in [0, 0.05) is 25.4 Å². The number of likely N-dealkylation sites (N-methyl/N-ethyl adjacent to an activating group) is 1. The minimum atomic E-state index is -1.28. The monoisotopic (exact) mass is 602 g/mol. The quantitative estimate of drug-likeness (QED) is 0.238. The number of nitrogens with two attached hydrogens (primary N) is 1. The smallest absolute Gasteiger partial charge is 0.320 e. The molecule has 232 valence electrons. The fourth-order valence-corrected chi connectivity index (χ4v) is 5.64. The van der Waals surface area contributed by atoms with Gasteiger partial charge in [-0.1, -0.05) is 68.4 Å². The Labute approximate surface area is 255 Å². The molecule has 4 amide bonds. The number of carboxylic acid groups (broad SMARTS) is 1. The maximum Gasteiger partial charge on any atom is 0.320 e. The largest absolute Gasteiger partial charge is 0.495 e. The van der Waals surface area contributed by atoms with Crippen LogP contribution in [0.2, 0.25) is 0 Å². The second-order valence-corrected chi connectivity index (χ2v) is 11.4. The highest BCUT2D eigenvalue weighted by molar-refractivity contribution is 6.25. The highest BCUT2D eigenvalue weighted by Crippen LogP contribution is 2.37. The molecule has 0 aromatic heterocycles. The highest BCUT2D eigenvalue weighted by Gasteiger charge is 2.40. The van der Waals surface area contributed by atoms with E-state index in [0.717, 1.165) is 15.8 Å². The van der Waals surface area contributed by atoms with Gasteiger partial charge < -0.3 is 20.5 Å². The topological polar surface area (TPSA) is 159 Å². The molecule has 4 rings (SSSR count). The number of fused-ring (bicyclic) bond motifs is 2. The number of primary amides is 1. The lowest BCUT2D eigenvalue weighted by atomic mass is 9.99. The van der Waals surface area contributed by atoms with E-state index in [-0.39, 0.29) is 48.6 Å². The van der Waals surface area contributed by atoms with Crippen molar-refractivity contribution in [3.8, 4) is 5.75 Å². The number of benzene rings is 3. The van der Waals surface area contributed by atoms with Crippen molar-refractivity contribution in [1.29, 1.82) is 0 Å². The Kier molecular flexibility index (Phi) is 10.00. The molecular formula is C33H38N4O7. The molecule has 1 aliphatic rings. The fourth-order valence-electron chi connectivity index (χ4n) is 5.64. The Morgan fingerprint density at radius 1 is 1.00 bits per heavy atom. The average Bonchev–Trinajstić information content (AvgIpc) is 3.23. The van der Waals surface area contributed by atoms with Crippen molar-refractivity contribution in [2.75, 3.05) is 20.7 Å². The molecule has 3 aromatic carbocycles. The number of imide groups is 1. The highest BCUT2D eigenvalue weighted by atomic mass is 16.5. The number of aliphatic carboxylic acids is 1. The zero-order valence-electron chi connectivity index (χ0n) is 25.3. The predicted molar refractivity (Wildman–Crippen MR) is 164 cm³/mol. The fraction of sp³-hybridized carbons (Fsp3) is 0.364. The van der Waals surface area contributed by atoms with Gasteiger partial charge in [-0.25, -0.2) is 0 Å². The van der Waals surface area contributed by atoms with Crippen LogP contribution in [-0.4, -0.2) is 83.3 Å². The van der Waals surface area contributed by atoms with Crippen molar-refractivity contribution < 1.29 is 33.8 Å². The number of hydrogen-bond donors (Lipinski definition) is 3. The SMILES string of the molecule is COc1c2c(cc3ccccc13)C(=O)N(CC[C@@H](N[C@@H](CC(C)C)C(=O)N(C)[C@@H](Cc1ccccc1)C(N)=O)C(=O)O)C2=O. The molecule has 1 aliphatic heterocycles. The molecule has 0 spiro atoms. The van der Waals surface area contributed by atoms with Crippen LogP contribution in [0.1, 0.15) is 53.0 Å². The van der Waals surface area contributed by atoms with Crippen LogP contribution in [0.15, 0.2) is 60.7 Å². The minimum absolute atomic E-state index is 0.00159. The van der Waals surface area contributed by atoms with Crippen molar-refractivity contribution in [3.63, 3.8) is 0 Å². The summed E-state index contributed by atoms with van der Waals surface area (Å²) in [5.41, 5.74) is 6.83. The molecule has 3 aromatic rings. The maximum atomic E-state index is 13.7. The molecule has 44 heavy (non-hydrogen) atoms. The summed E-state index contributed by atoms with van der Waals surface area (Å²) in [6.45, 7) is 3.58. The molecule has 0 bridgehead atoms. The van der Waals surface area contributed by atoms with Crippen LogP contribution in [0.3, 0.4) is 0 Å². The lowest BCUT2D eigenvalue weighted by Gasteiger charge is -2.32. The third-order valence-electron chi connectivity index (χ3n) is 7.90. The van der Waals surface area contributed by atoms with E-state index in [1.165, 1.54) is 19.1 Å². The second kappa shape index (κ2) is 13.7. The van der Waals surface area contributed by atoms with Gasteiger partial charge in [0.15, 0.2) is 0 Å². The van der Waals surface area contributed by atoms with E-state index < -0.39 is 47.7 Å². The first-order valence-corrected chi connectivity index (χ1v) is 14.5. The van der Waals surface area contributed by atoms with Crippen molar-refractivity contribution in [1.82, 2.24) is 15.1 Å². The number of methoxy groups -OCH3 is 1. The number of hydrogen-bond acceptors (Lipinski definition) is 7. The minimum Gasteiger partial charge on any atom is -0.495 e. The molecule has 11 heteroatoms. The van der Waals surface area contributed by atoms with E-state index in [4.69, 9.17) is 10.5 Å². The van der Waals surface area contributed by atoms with E-state index in [1.807, 2.05) is 56.3 Å². The van der Waals surface area contributed by atoms with Gasteiger partial charge in [0.1, 0.15) is 17.8 Å². The van der Waals surface area contributed by atoms with Gasteiger partial charge in [-0.2, -0.15) is 0 Å². The Hall–Kier alpha value is -4.77. The van der Waals surface area contributed by atoms with E-state index in [9.17, 15) is 29.1 Å². The molecule has 11 nitrogen and oxygen atoms in total. The third kappa shape index (κ3) is 6.73. The Bertz CT molecular complexity index is 1570. The number of nitrogens with one attached hydrogen (secondary N) is 1. The van der Waals surface area contributed by atoms with E-state index in [1.54, 1.807) is 18.2 Å². The summed E-state index contributed by atoms with van der Waals surface area (Å²) in [6, 6.07) is 14.8. The molecule has 0 saturated carbocycles. The average molecular weight is 603 g/mol. The van der Waals surface area contributed by atoms with Crippen LogP contribution >= 0.6 is 0 Å². The number of ether oxygens (including phenoxy) is 1. The summed E-state index contributed by atoms with van der Waals surface area (Å²) in [5, 5.41) is 14.4. The number of amides is 4. The first-order chi connectivity index (χ1) is 20.9. The molecule has 1 heterocycles. The zero-order valence-corrected chi connectivity index (χ0v) is 25.3. The molecule has 4 N–H and O–H groups in total. The van der Waals surface area contributed by atoms with Crippen LogP contribution in [0.4, 0.5) is 0 Å². The maximum absolute atomic E-state index is 13.7. The lowest BCUT2D eigenvalue weighted by molar-refractivity contribution is -0.143. The summed E-state index contributed by atoms with van der Waals surface area (Å²) in [5.74, 6) is -3.24. The third-order valence-corrected chi connectivity index (χ3v) is 7.90. The van der Waals surface area contributed by atoms with E-state index in [0.29, 0.717) is 5.39 Å². The number of carbonyl (C=O) groups excluding carboxylic acids is 4. The van der Waals surface area contributed by atoms with Gasteiger partial charge >= 0.3 is 5.97 Å². The van der Waals surface area contributed by atoms with Gasteiger partial charge in [0.25, 0.3) is 11.8 Å². The van der Waals surface area contributed by atoms with E-state index in [2.05, 4.69) is 5.32 Å². The van der Waals surface area contributed by atoms with Crippen LogP contribution in [0.5, 0.6) is 5.75 Å². The molecular weight excluding hydrogens is 564 g/mol. The van der Waals surface area contributed by atoms with Crippen LogP contribution < -0.4 is 15.8 Å². The number of nitrogens with zero attached hydrogens (tertiary/aromatic N) is 2. The van der Waals surface area contributed by atoms with Gasteiger partial charge in [0.2, 0.25) is 11.8 Å². The van der Waals surface area contributed by atoms with Gasteiger partial charge in [-0.15, -0.1) is 0 Å². The molecule has 0 saturated heterocycles. The first-order valence-electron chi connectivity index (χ1n) is 14.5. The molecule has 0 aliphatic carbocycles. The van der Waals surface area contributed by atoms with Crippen LogP contribution in [-0.2, 0) is 20.8 Å². The molecule has 3 atom stereocenters.